The highest BCUT2D eigenvalue weighted by molar-refractivity contribution is 5.99. The number of hydrogen-bond acceptors (Lipinski definition) is 5. The van der Waals surface area contributed by atoms with Crippen LogP contribution in [0.4, 0.5) is 0 Å². The molecule has 8 nitrogen and oxygen atoms in total. The van der Waals surface area contributed by atoms with Gasteiger partial charge in [0.25, 0.3) is 0 Å². The largest absolute Gasteiger partial charge is 0.394 e. The molecule has 3 saturated heterocycles. The Balaban J connectivity index is 2.23. The normalized spacial score (nSPS) is 32.2. The van der Waals surface area contributed by atoms with Crippen LogP contribution in [0, 0.1) is 17.8 Å². The van der Waals surface area contributed by atoms with Gasteiger partial charge in [0.15, 0.2) is 0 Å². The average Bonchev–Trinajstić information content (AvgIpc) is 3.45. The highest BCUT2D eigenvalue weighted by Crippen LogP contribution is 2.65. The number of carbonyl (C=O) groups excluding carboxylic acids is 3. The van der Waals surface area contributed by atoms with Crippen LogP contribution in [0.3, 0.4) is 0 Å². The van der Waals surface area contributed by atoms with Crippen molar-refractivity contribution in [2.45, 2.75) is 96.1 Å². The minimum atomic E-state index is -1.12. The molecule has 0 radical (unpaired) electrons. The molecule has 8 heteroatoms. The van der Waals surface area contributed by atoms with E-state index in [-0.39, 0.29) is 30.2 Å². The molecule has 3 rings (SSSR count). The molecule has 1 N–H and O–H groups in total. The minimum absolute atomic E-state index is 0.0445. The fourth-order valence-corrected chi connectivity index (χ4v) is 6.97. The Morgan fingerprint density at radius 2 is 1.81 bits per heavy atom. The van der Waals surface area contributed by atoms with Crippen LogP contribution < -0.4 is 0 Å². The van der Waals surface area contributed by atoms with Crippen molar-refractivity contribution in [2.24, 2.45) is 17.8 Å². The van der Waals surface area contributed by atoms with Crippen molar-refractivity contribution in [3.8, 4) is 0 Å². The summed E-state index contributed by atoms with van der Waals surface area (Å²) in [6, 6.07) is -1.48. The molecule has 3 heterocycles. The molecule has 3 amide bonds. The lowest BCUT2D eigenvalue weighted by molar-refractivity contribution is -0.161. The summed E-state index contributed by atoms with van der Waals surface area (Å²) in [5.41, 5.74) is -2.45. The van der Waals surface area contributed by atoms with Crippen molar-refractivity contribution in [2.75, 3.05) is 26.7 Å². The smallest absolute Gasteiger partial charge is 0.249 e. The standard InChI is InChI=1S/C29H47N3O5/c1-10-16-30(9)24(34)21-22-25(35)32(20(18-33)19(5)12-3)23(26(36)31(17-11-2)27(6,7)8)29(22)15-14-28(21,13-4)37-29/h10-11,19-23,33H,1-2,12-18H2,3-9H3/t19-,20-,21+,22-,23?,28-,29?/m0/s1. The molecular weight excluding hydrogens is 470 g/mol. The second-order valence-electron chi connectivity index (χ2n) is 12.1. The summed E-state index contributed by atoms with van der Waals surface area (Å²) in [5, 5.41) is 10.5. The van der Waals surface area contributed by atoms with Crippen molar-refractivity contribution in [3.63, 3.8) is 0 Å². The minimum Gasteiger partial charge on any atom is -0.394 e. The van der Waals surface area contributed by atoms with Crippen molar-refractivity contribution >= 4 is 17.7 Å². The van der Waals surface area contributed by atoms with Crippen LogP contribution in [0.25, 0.3) is 0 Å². The van der Waals surface area contributed by atoms with E-state index in [0.29, 0.717) is 32.4 Å². The summed E-state index contributed by atoms with van der Waals surface area (Å²) in [7, 11) is 1.72. The Hall–Kier alpha value is -2.19. The third-order valence-electron chi connectivity index (χ3n) is 9.13. The van der Waals surface area contributed by atoms with E-state index in [1.165, 1.54) is 0 Å². The Bertz CT molecular complexity index is 929. The van der Waals surface area contributed by atoms with Gasteiger partial charge in [-0.3, -0.25) is 14.4 Å². The quantitative estimate of drug-likeness (QED) is 0.426. The van der Waals surface area contributed by atoms with E-state index in [1.807, 2.05) is 41.5 Å². The van der Waals surface area contributed by atoms with Crippen molar-refractivity contribution in [3.05, 3.63) is 25.3 Å². The molecule has 0 saturated carbocycles. The van der Waals surface area contributed by atoms with Gasteiger partial charge >= 0.3 is 0 Å². The lowest BCUT2D eigenvalue weighted by Gasteiger charge is -2.44. The molecule has 0 aromatic rings. The summed E-state index contributed by atoms with van der Waals surface area (Å²) < 4.78 is 6.88. The predicted molar refractivity (Wildman–Crippen MR) is 144 cm³/mol. The third-order valence-corrected chi connectivity index (χ3v) is 9.13. The van der Waals surface area contributed by atoms with Crippen LogP contribution in [0.15, 0.2) is 25.3 Å². The first-order valence-corrected chi connectivity index (χ1v) is 13.7. The number of aliphatic hydroxyl groups excluding tert-OH is 1. The van der Waals surface area contributed by atoms with E-state index in [1.54, 1.807) is 33.9 Å². The van der Waals surface area contributed by atoms with Crippen LogP contribution in [-0.2, 0) is 19.1 Å². The predicted octanol–water partition coefficient (Wildman–Crippen LogP) is 3.01. The van der Waals surface area contributed by atoms with Gasteiger partial charge in [-0.1, -0.05) is 39.3 Å². The van der Waals surface area contributed by atoms with Crippen LogP contribution in [-0.4, -0.2) is 93.1 Å². The molecule has 0 aromatic carbocycles. The molecular formula is C29H47N3O5. The zero-order valence-corrected chi connectivity index (χ0v) is 23.8. The lowest BCUT2D eigenvalue weighted by atomic mass is 9.64. The number of nitrogens with zero attached hydrogens (tertiary/aromatic N) is 3. The number of rotatable bonds is 11. The van der Waals surface area contributed by atoms with E-state index in [2.05, 4.69) is 13.2 Å². The molecule has 1 spiro atoms. The van der Waals surface area contributed by atoms with E-state index in [4.69, 9.17) is 4.74 Å². The molecule has 3 aliphatic heterocycles. The SMILES string of the molecule is C=CCN(C)C(=O)[C@H]1[C@H]2C(=O)N([C@@H](CO)[C@@H](C)CC)C(C(=O)N(CC=C)C(C)(C)C)C23CC[C@]1(CC)O3. The first kappa shape index (κ1) is 29.4. The molecule has 0 aliphatic carbocycles. The number of likely N-dealkylation sites (N-methyl/N-ethyl adjacent to an activating group) is 1. The van der Waals surface area contributed by atoms with E-state index >= 15 is 0 Å². The van der Waals surface area contributed by atoms with E-state index in [9.17, 15) is 19.5 Å². The summed E-state index contributed by atoms with van der Waals surface area (Å²) in [6.07, 6.45) is 5.78. The zero-order valence-electron chi connectivity index (χ0n) is 23.8. The molecule has 3 aliphatic rings. The molecule has 208 valence electrons. The summed E-state index contributed by atoms with van der Waals surface area (Å²) >= 11 is 0. The fourth-order valence-electron chi connectivity index (χ4n) is 6.97. The Labute approximate surface area is 222 Å². The van der Waals surface area contributed by atoms with Gasteiger partial charge in [-0.05, 0) is 46.0 Å². The van der Waals surface area contributed by atoms with Gasteiger partial charge in [0.05, 0.1) is 30.1 Å². The average molecular weight is 518 g/mol. The molecule has 7 atom stereocenters. The van der Waals surface area contributed by atoms with Crippen molar-refractivity contribution in [1.29, 1.82) is 0 Å². The van der Waals surface area contributed by atoms with Gasteiger partial charge in [0.1, 0.15) is 11.6 Å². The van der Waals surface area contributed by atoms with Crippen LogP contribution in [0.5, 0.6) is 0 Å². The summed E-state index contributed by atoms with van der Waals surface area (Å²) in [5.74, 6) is -2.15. The van der Waals surface area contributed by atoms with Gasteiger partial charge in [0.2, 0.25) is 17.7 Å². The second-order valence-corrected chi connectivity index (χ2v) is 12.1. The molecule has 2 bridgehead atoms. The summed E-state index contributed by atoms with van der Waals surface area (Å²) in [6.45, 7) is 19.9. The Morgan fingerprint density at radius 1 is 1.19 bits per heavy atom. The zero-order chi connectivity index (χ0) is 27.9. The fraction of sp³-hybridized carbons (Fsp3) is 0.759. The lowest BCUT2D eigenvalue weighted by Crippen LogP contribution is -2.62. The monoisotopic (exact) mass is 517 g/mol. The molecule has 0 aromatic heterocycles. The third kappa shape index (κ3) is 4.44. The van der Waals surface area contributed by atoms with E-state index in [0.717, 1.165) is 6.42 Å². The van der Waals surface area contributed by atoms with Crippen LogP contribution in [0.2, 0.25) is 0 Å². The first-order chi connectivity index (χ1) is 17.3. The Kier molecular flexibility index (Phi) is 8.35. The molecule has 2 unspecified atom stereocenters. The van der Waals surface area contributed by atoms with Crippen LogP contribution in [0.1, 0.15) is 67.2 Å². The number of fused-ring (bicyclic) bond motifs is 1. The van der Waals surface area contributed by atoms with Gasteiger partial charge < -0.3 is 24.5 Å². The first-order valence-electron chi connectivity index (χ1n) is 13.7. The van der Waals surface area contributed by atoms with Gasteiger partial charge in [0, 0.05) is 25.7 Å². The molecule has 37 heavy (non-hydrogen) atoms. The number of amides is 3. The number of carbonyl (C=O) groups is 3. The number of likely N-dealkylation sites (tertiary alicyclic amines) is 1. The highest BCUT2D eigenvalue weighted by Gasteiger charge is 2.79. The second kappa shape index (κ2) is 10.5. The maximum atomic E-state index is 14.5. The number of ether oxygens (including phenoxy) is 1. The molecule has 3 fully saturated rings. The van der Waals surface area contributed by atoms with Crippen molar-refractivity contribution in [1.82, 2.24) is 14.7 Å². The van der Waals surface area contributed by atoms with Gasteiger partial charge in [-0.15, -0.1) is 13.2 Å². The van der Waals surface area contributed by atoms with Crippen LogP contribution >= 0.6 is 0 Å². The maximum absolute atomic E-state index is 14.5. The Morgan fingerprint density at radius 3 is 2.30 bits per heavy atom. The summed E-state index contributed by atoms with van der Waals surface area (Å²) in [4.78, 5) is 47.7. The maximum Gasteiger partial charge on any atom is 0.249 e. The highest BCUT2D eigenvalue weighted by atomic mass is 16.5. The van der Waals surface area contributed by atoms with Gasteiger partial charge in [-0.2, -0.15) is 0 Å². The van der Waals surface area contributed by atoms with Crippen molar-refractivity contribution < 1.29 is 24.2 Å². The van der Waals surface area contributed by atoms with Gasteiger partial charge in [-0.25, -0.2) is 0 Å². The number of hydrogen-bond donors (Lipinski definition) is 1. The van der Waals surface area contributed by atoms with E-state index < -0.39 is 40.7 Å². The number of aliphatic hydroxyl groups is 1. The topological polar surface area (TPSA) is 90.4 Å².